The van der Waals surface area contributed by atoms with Crippen molar-refractivity contribution >= 4 is 27.3 Å². The number of rotatable bonds is 2. The van der Waals surface area contributed by atoms with Gasteiger partial charge in [0.05, 0.1) is 4.90 Å². The molecular formula is C18H16ClNO4S. The van der Waals surface area contributed by atoms with Crippen LogP contribution in [0.25, 0.3) is 0 Å². The van der Waals surface area contributed by atoms with Crippen molar-refractivity contribution in [1.82, 2.24) is 5.32 Å². The van der Waals surface area contributed by atoms with Gasteiger partial charge in [0.25, 0.3) is 0 Å². The molecule has 0 aliphatic carbocycles. The number of amides is 1. The van der Waals surface area contributed by atoms with Crippen molar-refractivity contribution in [3.8, 4) is 5.75 Å². The molecule has 7 heteroatoms. The Morgan fingerprint density at radius 3 is 2.64 bits per heavy atom. The maximum absolute atomic E-state index is 13.2. The zero-order valence-electron chi connectivity index (χ0n) is 13.4. The molecule has 0 unspecified atom stereocenters. The largest absolute Gasteiger partial charge is 0.468 e. The van der Waals surface area contributed by atoms with E-state index in [1.54, 1.807) is 43.3 Å². The van der Waals surface area contributed by atoms with Gasteiger partial charge in [0, 0.05) is 22.9 Å². The van der Waals surface area contributed by atoms with Crippen molar-refractivity contribution in [3.63, 3.8) is 0 Å². The third kappa shape index (κ3) is 2.60. The lowest BCUT2D eigenvalue weighted by Gasteiger charge is -2.46. The predicted octanol–water partition coefficient (Wildman–Crippen LogP) is 2.89. The zero-order valence-corrected chi connectivity index (χ0v) is 15.0. The van der Waals surface area contributed by atoms with Crippen LogP contribution in [0.3, 0.4) is 0 Å². The van der Waals surface area contributed by atoms with Gasteiger partial charge in [-0.3, -0.25) is 4.79 Å². The molecule has 0 aromatic heterocycles. The van der Waals surface area contributed by atoms with Gasteiger partial charge in [0.15, 0.2) is 20.8 Å². The van der Waals surface area contributed by atoms with Crippen molar-refractivity contribution in [3.05, 3.63) is 59.1 Å². The van der Waals surface area contributed by atoms with Crippen molar-refractivity contribution < 1.29 is 17.9 Å². The van der Waals surface area contributed by atoms with Crippen LogP contribution < -0.4 is 10.1 Å². The topological polar surface area (TPSA) is 72.5 Å². The lowest BCUT2D eigenvalue weighted by Crippen LogP contribution is -2.63. The van der Waals surface area contributed by atoms with Crippen molar-refractivity contribution in [1.29, 1.82) is 0 Å². The Bertz CT molecular complexity index is 960. The first-order chi connectivity index (χ1) is 11.8. The van der Waals surface area contributed by atoms with Crippen LogP contribution in [0.15, 0.2) is 53.4 Å². The number of benzene rings is 2. The lowest BCUT2D eigenvalue weighted by molar-refractivity contribution is -0.132. The van der Waals surface area contributed by atoms with Gasteiger partial charge < -0.3 is 10.1 Å². The van der Waals surface area contributed by atoms with Crippen molar-refractivity contribution in [2.24, 2.45) is 0 Å². The zero-order chi connectivity index (χ0) is 17.8. The lowest BCUT2D eigenvalue weighted by atomic mass is 9.81. The van der Waals surface area contributed by atoms with Crippen LogP contribution in [0, 0.1) is 0 Å². The molecule has 0 saturated carbocycles. The quantitative estimate of drug-likeness (QED) is 0.873. The highest BCUT2D eigenvalue weighted by Gasteiger charge is 2.54. The molecule has 1 N–H and O–H groups in total. The van der Waals surface area contributed by atoms with Gasteiger partial charge >= 0.3 is 0 Å². The summed E-state index contributed by atoms with van der Waals surface area (Å²) >= 11 is 6.10. The van der Waals surface area contributed by atoms with E-state index in [4.69, 9.17) is 16.3 Å². The highest BCUT2D eigenvalue weighted by atomic mass is 35.5. The van der Waals surface area contributed by atoms with Gasteiger partial charge in [-0.25, -0.2) is 8.42 Å². The molecule has 4 rings (SSSR count). The molecule has 0 radical (unpaired) electrons. The van der Waals surface area contributed by atoms with Gasteiger partial charge in [-0.05, 0) is 37.3 Å². The second kappa shape index (κ2) is 5.47. The van der Waals surface area contributed by atoms with Gasteiger partial charge in [0.1, 0.15) is 5.75 Å². The molecule has 1 saturated heterocycles. The van der Waals surface area contributed by atoms with E-state index in [0.717, 1.165) is 0 Å². The fourth-order valence-electron chi connectivity index (χ4n) is 3.69. The molecule has 1 amide bonds. The van der Waals surface area contributed by atoms with E-state index in [2.05, 4.69) is 5.32 Å². The fourth-order valence-corrected chi connectivity index (χ4v) is 5.72. The van der Waals surface area contributed by atoms with Gasteiger partial charge in [-0.1, -0.05) is 29.8 Å². The number of fused-ring (bicyclic) bond motifs is 4. The number of piperidine rings is 1. The molecule has 25 heavy (non-hydrogen) atoms. The number of halogens is 1. The Hall–Kier alpha value is -2.05. The Morgan fingerprint density at radius 1 is 1.20 bits per heavy atom. The maximum atomic E-state index is 13.2. The first-order valence-electron chi connectivity index (χ1n) is 7.90. The smallest absolute Gasteiger partial charge is 0.242 e. The highest BCUT2D eigenvalue weighted by Crippen LogP contribution is 2.47. The molecule has 0 spiro atoms. The number of hydrogen-bond donors (Lipinski definition) is 1. The average Bonchev–Trinajstić information content (AvgIpc) is 2.55. The van der Waals surface area contributed by atoms with E-state index in [1.165, 1.54) is 12.1 Å². The van der Waals surface area contributed by atoms with E-state index < -0.39 is 32.6 Å². The molecule has 1 fully saturated rings. The van der Waals surface area contributed by atoms with Crippen molar-refractivity contribution in [2.45, 2.75) is 35.1 Å². The summed E-state index contributed by atoms with van der Waals surface area (Å²) in [6, 6.07) is 13.1. The first kappa shape index (κ1) is 16.4. The Labute approximate surface area is 150 Å². The molecule has 2 aliphatic rings. The molecule has 2 heterocycles. The van der Waals surface area contributed by atoms with Crippen LogP contribution in [0.1, 0.15) is 24.8 Å². The molecular weight excluding hydrogens is 362 g/mol. The summed E-state index contributed by atoms with van der Waals surface area (Å²) in [5.41, 5.74) is -0.269. The second-order valence-electron chi connectivity index (χ2n) is 6.59. The van der Waals surface area contributed by atoms with Crippen LogP contribution in [-0.4, -0.2) is 25.3 Å². The Balaban J connectivity index is 1.88. The van der Waals surface area contributed by atoms with Gasteiger partial charge in [0.2, 0.25) is 5.91 Å². The standard InChI is InChI=1S/C18H16ClNO4S/c1-18-10-14(13-9-11(19)7-8-15(13)24-18)16(17(21)20-18)25(22,23)12-5-3-2-4-6-12/h2-9,14,16H,10H2,1H3,(H,20,21)/t14-,16+,18-/m1/s1. The minimum atomic E-state index is -3.86. The van der Waals surface area contributed by atoms with Gasteiger partial charge in [-0.15, -0.1) is 0 Å². The number of sulfone groups is 1. The first-order valence-corrected chi connectivity index (χ1v) is 9.82. The SMILES string of the molecule is C[C@]12C[C@H](c3cc(Cl)ccc3O1)[C@H](S(=O)(=O)c1ccccc1)C(=O)N2. The number of hydrogen-bond acceptors (Lipinski definition) is 4. The molecule has 2 aromatic carbocycles. The summed E-state index contributed by atoms with van der Waals surface area (Å²) in [4.78, 5) is 12.9. The number of carbonyl (C=O) groups is 1. The third-order valence-electron chi connectivity index (χ3n) is 4.73. The van der Waals surface area contributed by atoms with Crippen LogP contribution in [-0.2, 0) is 14.6 Å². The Morgan fingerprint density at radius 2 is 1.92 bits per heavy atom. The molecule has 2 aromatic rings. The summed E-state index contributed by atoms with van der Waals surface area (Å²) < 4.78 is 32.2. The molecule has 3 atom stereocenters. The van der Waals surface area contributed by atoms with Crippen LogP contribution in [0.2, 0.25) is 5.02 Å². The molecule has 2 aliphatic heterocycles. The predicted molar refractivity (Wildman–Crippen MR) is 93.4 cm³/mol. The third-order valence-corrected chi connectivity index (χ3v) is 7.11. The van der Waals surface area contributed by atoms with Crippen LogP contribution in [0.4, 0.5) is 0 Å². The number of carbonyl (C=O) groups excluding carboxylic acids is 1. The van der Waals surface area contributed by atoms with Crippen LogP contribution >= 0.6 is 11.6 Å². The van der Waals surface area contributed by atoms with E-state index in [1.807, 2.05) is 0 Å². The van der Waals surface area contributed by atoms with Crippen LogP contribution in [0.5, 0.6) is 5.75 Å². The van der Waals surface area contributed by atoms with E-state index >= 15 is 0 Å². The summed E-state index contributed by atoms with van der Waals surface area (Å²) in [6.45, 7) is 1.75. The fraction of sp³-hybridized carbons (Fsp3) is 0.278. The highest BCUT2D eigenvalue weighted by molar-refractivity contribution is 7.92. The van der Waals surface area contributed by atoms with E-state index in [0.29, 0.717) is 22.8 Å². The molecule has 5 nitrogen and oxygen atoms in total. The van der Waals surface area contributed by atoms with E-state index in [9.17, 15) is 13.2 Å². The van der Waals surface area contributed by atoms with Crippen molar-refractivity contribution in [2.75, 3.05) is 0 Å². The number of nitrogens with one attached hydrogen (secondary N) is 1. The summed E-state index contributed by atoms with van der Waals surface area (Å²) in [5, 5.41) is 1.99. The normalized spacial score (nSPS) is 27.8. The maximum Gasteiger partial charge on any atom is 0.242 e. The summed E-state index contributed by atoms with van der Waals surface area (Å²) in [5.74, 6) is -0.518. The average molecular weight is 378 g/mol. The van der Waals surface area contributed by atoms with E-state index in [-0.39, 0.29) is 4.90 Å². The summed E-state index contributed by atoms with van der Waals surface area (Å²) in [6.07, 6.45) is 0.364. The Kier molecular flexibility index (Phi) is 3.60. The number of ether oxygens (including phenoxy) is 1. The molecule has 130 valence electrons. The summed E-state index contributed by atoms with van der Waals surface area (Å²) in [7, 11) is -3.86. The monoisotopic (exact) mass is 377 g/mol. The van der Waals surface area contributed by atoms with Gasteiger partial charge in [-0.2, -0.15) is 0 Å². The second-order valence-corrected chi connectivity index (χ2v) is 9.10. The minimum absolute atomic E-state index is 0.133. The molecule has 2 bridgehead atoms. The minimum Gasteiger partial charge on any atom is -0.468 e.